The summed E-state index contributed by atoms with van der Waals surface area (Å²) in [6.07, 6.45) is 3.94. The first-order chi connectivity index (χ1) is 8.32. The van der Waals surface area contributed by atoms with Crippen LogP contribution in [0.25, 0.3) is 0 Å². The molecule has 3 unspecified atom stereocenters. The Hall–Kier alpha value is -0.610. The molecule has 0 aromatic rings. The summed E-state index contributed by atoms with van der Waals surface area (Å²) in [4.78, 5) is 11.7. The van der Waals surface area contributed by atoms with Crippen LogP contribution < -0.4 is 10.6 Å². The van der Waals surface area contributed by atoms with Crippen LogP contribution in [0.2, 0.25) is 0 Å². The van der Waals surface area contributed by atoms with Crippen molar-refractivity contribution in [1.82, 2.24) is 10.6 Å². The maximum absolute atomic E-state index is 11.7. The number of hydrogen-bond donors (Lipinski definition) is 3. The Labute approximate surface area is 111 Å². The zero-order valence-electron chi connectivity index (χ0n) is 12.1. The lowest BCUT2D eigenvalue weighted by Gasteiger charge is -2.36. The molecular formula is C14H28N2O2. The summed E-state index contributed by atoms with van der Waals surface area (Å²) < 4.78 is 0. The van der Waals surface area contributed by atoms with Gasteiger partial charge in [0.1, 0.15) is 0 Å². The topological polar surface area (TPSA) is 61.4 Å². The Bertz CT molecular complexity index is 281. The monoisotopic (exact) mass is 256 g/mol. The maximum atomic E-state index is 11.7. The highest BCUT2D eigenvalue weighted by molar-refractivity contribution is 5.81. The van der Waals surface area contributed by atoms with Crippen LogP contribution in [-0.4, -0.2) is 35.2 Å². The van der Waals surface area contributed by atoms with Gasteiger partial charge in [-0.05, 0) is 39.5 Å². The largest absolute Gasteiger partial charge is 0.389 e. The van der Waals surface area contributed by atoms with Gasteiger partial charge < -0.3 is 15.7 Å². The van der Waals surface area contributed by atoms with Gasteiger partial charge in [0.2, 0.25) is 5.91 Å². The number of carbonyl (C=O) groups is 1. The fourth-order valence-electron chi connectivity index (χ4n) is 2.64. The molecule has 0 spiro atoms. The van der Waals surface area contributed by atoms with Crippen molar-refractivity contribution in [3.8, 4) is 0 Å². The lowest BCUT2D eigenvalue weighted by Crippen LogP contribution is -2.51. The smallest absolute Gasteiger partial charge is 0.237 e. The Morgan fingerprint density at radius 3 is 2.67 bits per heavy atom. The molecule has 18 heavy (non-hydrogen) atoms. The zero-order valence-corrected chi connectivity index (χ0v) is 12.1. The van der Waals surface area contributed by atoms with Crippen molar-refractivity contribution >= 4 is 5.91 Å². The van der Waals surface area contributed by atoms with Crippen LogP contribution in [0, 0.1) is 5.92 Å². The first-order valence-corrected chi connectivity index (χ1v) is 7.08. The third-order valence-corrected chi connectivity index (χ3v) is 3.63. The molecule has 3 N–H and O–H groups in total. The molecule has 1 saturated carbocycles. The van der Waals surface area contributed by atoms with Crippen molar-refractivity contribution < 1.29 is 9.90 Å². The van der Waals surface area contributed by atoms with Gasteiger partial charge in [-0.15, -0.1) is 0 Å². The summed E-state index contributed by atoms with van der Waals surface area (Å²) >= 11 is 0. The van der Waals surface area contributed by atoms with Gasteiger partial charge in [-0.3, -0.25) is 4.79 Å². The third kappa shape index (κ3) is 4.94. The summed E-state index contributed by atoms with van der Waals surface area (Å²) in [5.74, 6) is 0.572. The van der Waals surface area contributed by atoms with Gasteiger partial charge in [0.25, 0.3) is 0 Å². The lowest BCUT2D eigenvalue weighted by atomic mass is 9.79. The molecule has 3 atom stereocenters. The predicted octanol–water partition coefficient (Wildman–Crippen LogP) is 1.43. The summed E-state index contributed by atoms with van der Waals surface area (Å²) in [5.41, 5.74) is -0.635. The van der Waals surface area contributed by atoms with Gasteiger partial charge in [-0.1, -0.05) is 19.8 Å². The van der Waals surface area contributed by atoms with Gasteiger partial charge in [0.15, 0.2) is 0 Å². The minimum Gasteiger partial charge on any atom is -0.389 e. The molecule has 1 aliphatic carbocycles. The maximum Gasteiger partial charge on any atom is 0.237 e. The Morgan fingerprint density at radius 1 is 1.44 bits per heavy atom. The molecule has 0 saturated heterocycles. The van der Waals surface area contributed by atoms with E-state index in [0.717, 1.165) is 19.3 Å². The van der Waals surface area contributed by atoms with E-state index in [0.29, 0.717) is 12.5 Å². The van der Waals surface area contributed by atoms with Gasteiger partial charge in [-0.2, -0.15) is 0 Å². The number of nitrogens with one attached hydrogen (secondary N) is 2. The molecule has 106 valence electrons. The number of carbonyl (C=O) groups excluding carboxylic acids is 1. The molecule has 0 aromatic carbocycles. The molecule has 4 heteroatoms. The number of aliphatic hydroxyl groups is 1. The molecule has 0 bridgehead atoms. The zero-order chi connectivity index (χ0) is 13.8. The Balaban J connectivity index is 2.37. The second kappa shape index (κ2) is 6.53. The Kier molecular flexibility index (Phi) is 5.60. The minimum absolute atomic E-state index is 0.00235. The molecule has 4 nitrogen and oxygen atoms in total. The first kappa shape index (κ1) is 15.4. The van der Waals surface area contributed by atoms with E-state index in [2.05, 4.69) is 17.6 Å². The van der Waals surface area contributed by atoms with Crippen molar-refractivity contribution in [2.75, 3.05) is 6.54 Å². The van der Waals surface area contributed by atoms with E-state index in [1.54, 1.807) is 0 Å². The number of rotatable bonds is 5. The van der Waals surface area contributed by atoms with Gasteiger partial charge >= 0.3 is 0 Å². The fourth-order valence-corrected chi connectivity index (χ4v) is 2.64. The molecule has 1 rings (SSSR count). The van der Waals surface area contributed by atoms with Crippen LogP contribution in [0.3, 0.4) is 0 Å². The van der Waals surface area contributed by atoms with E-state index in [9.17, 15) is 9.90 Å². The second-order valence-corrected chi connectivity index (χ2v) is 6.19. The molecular weight excluding hydrogens is 228 g/mol. The van der Waals surface area contributed by atoms with Crippen molar-refractivity contribution in [3.63, 3.8) is 0 Å². The molecule has 0 aromatic heterocycles. The average molecular weight is 256 g/mol. The van der Waals surface area contributed by atoms with E-state index in [-0.39, 0.29) is 18.0 Å². The summed E-state index contributed by atoms with van der Waals surface area (Å²) in [5, 5.41) is 16.5. The molecule has 1 aliphatic rings. The van der Waals surface area contributed by atoms with E-state index < -0.39 is 5.60 Å². The molecule has 1 fully saturated rings. The highest BCUT2D eigenvalue weighted by Gasteiger charge is 2.33. The summed E-state index contributed by atoms with van der Waals surface area (Å²) in [6.45, 7) is 8.42. The average Bonchev–Trinajstić information content (AvgIpc) is 2.24. The van der Waals surface area contributed by atoms with Crippen molar-refractivity contribution in [3.05, 3.63) is 0 Å². The van der Waals surface area contributed by atoms with E-state index >= 15 is 0 Å². The number of amides is 1. The van der Waals surface area contributed by atoms with Crippen LogP contribution >= 0.6 is 0 Å². The lowest BCUT2D eigenvalue weighted by molar-refractivity contribution is -0.123. The SMILES string of the molecule is CC1CCCC(O)(CNC(C)C(=O)NC(C)C)C1. The highest BCUT2D eigenvalue weighted by Crippen LogP contribution is 2.31. The van der Waals surface area contributed by atoms with Crippen LogP contribution in [0.4, 0.5) is 0 Å². The quantitative estimate of drug-likeness (QED) is 0.697. The van der Waals surface area contributed by atoms with Crippen molar-refractivity contribution in [2.45, 2.75) is 71.1 Å². The first-order valence-electron chi connectivity index (χ1n) is 7.08. The van der Waals surface area contributed by atoms with Gasteiger partial charge in [0, 0.05) is 12.6 Å². The van der Waals surface area contributed by atoms with Crippen LogP contribution in [0.5, 0.6) is 0 Å². The fraction of sp³-hybridized carbons (Fsp3) is 0.929. The standard InChI is InChI=1S/C14H28N2O2/c1-10(2)16-13(17)12(4)15-9-14(18)7-5-6-11(3)8-14/h10-12,15,18H,5-9H2,1-4H3,(H,16,17). The normalized spacial score (nSPS) is 30.2. The second-order valence-electron chi connectivity index (χ2n) is 6.19. The highest BCUT2D eigenvalue weighted by atomic mass is 16.3. The van der Waals surface area contributed by atoms with Crippen molar-refractivity contribution in [2.24, 2.45) is 5.92 Å². The van der Waals surface area contributed by atoms with E-state index in [4.69, 9.17) is 0 Å². The third-order valence-electron chi connectivity index (χ3n) is 3.63. The van der Waals surface area contributed by atoms with E-state index in [1.165, 1.54) is 6.42 Å². The summed E-state index contributed by atoms with van der Waals surface area (Å²) in [7, 11) is 0. The van der Waals surface area contributed by atoms with Crippen LogP contribution in [0.1, 0.15) is 53.4 Å². The van der Waals surface area contributed by atoms with Gasteiger partial charge in [-0.25, -0.2) is 0 Å². The molecule has 0 aliphatic heterocycles. The van der Waals surface area contributed by atoms with Crippen molar-refractivity contribution in [1.29, 1.82) is 0 Å². The molecule has 0 heterocycles. The summed E-state index contributed by atoms with van der Waals surface area (Å²) in [6, 6.07) is -0.104. The number of hydrogen-bond acceptors (Lipinski definition) is 3. The Morgan fingerprint density at radius 2 is 2.11 bits per heavy atom. The van der Waals surface area contributed by atoms with Crippen LogP contribution in [0.15, 0.2) is 0 Å². The minimum atomic E-state index is -0.635. The van der Waals surface area contributed by atoms with Gasteiger partial charge in [0.05, 0.1) is 11.6 Å². The molecule has 1 amide bonds. The molecule has 0 radical (unpaired) electrons. The predicted molar refractivity (Wildman–Crippen MR) is 73.3 cm³/mol. The van der Waals surface area contributed by atoms with E-state index in [1.807, 2.05) is 20.8 Å². The van der Waals surface area contributed by atoms with Crippen LogP contribution in [-0.2, 0) is 4.79 Å².